The van der Waals surface area contributed by atoms with E-state index in [0.717, 1.165) is 16.7 Å². The van der Waals surface area contributed by atoms with Crippen molar-refractivity contribution in [2.24, 2.45) is 0 Å². The molecule has 0 spiro atoms. The van der Waals surface area contributed by atoms with Gasteiger partial charge in [-0.2, -0.15) is 0 Å². The van der Waals surface area contributed by atoms with Crippen LogP contribution in [0.25, 0.3) is 10.9 Å². The summed E-state index contributed by atoms with van der Waals surface area (Å²) in [5.41, 5.74) is 0.883. The number of halogens is 1. The highest BCUT2D eigenvalue weighted by molar-refractivity contribution is 6.31. The van der Waals surface area contributed by atoms with Gasteiger partial charge in [0.2, 0.25) is 0 Å². The molecule has 0 unspecified atom stereocenters. The number of nitrogens with one attached hydrogen (secondary N) is 1. The van der Waals surface area contributed by atoms with Gasteiger partial charge in [-0.15, -0.1) is 0 Å². The quantitative estimate of drug-likeness (QED) is 0.763. The summed E-state index contributed by atoms with van der Waals surface area (Å²) in [4.78, 5) is 12.6. The lowest BCUT2D eigenvalue weighted by molar-refractivity contribution is 1.19. The molecular weight excluding hydrogens is 248 g/mol. The molecule has 5 heteroatoms. The summed E-state index contributed by atoms with van der Waals surface area (Å²) in [6.45, 7) is 0. The molecule has 2 heterocycles. The number of hydrogen-bond donors (Lipinski definition) is 1. The van der Waals surface area contributed by atoms with Crippen LogP contribution >= 0.6 is 11.6 Å². The lowest BCUT2D eigenvalue weighted by Crippen LogP contribution is -1.96. The minimum atomic E-state index is 0.665. The largest absolute Gasteiger partial charge is 0.324 e. The first kappa shape index (κ1) is 10.9. The van der Waals surface area contributed by atoms with E-state index in [9.17, 15) is 0 Å². The highest BCUT2D eigenvalue weighted by Gasteiger charge is 2.00. The van der Waals surface area contributed by atoms with Gasteiger partial charge in [0.25, 0.3) is 0 Å². The van der Waals surface area contributed by atoms with Gasteiger partial charge < -0.3 is 5.32 Å². The van der Waals surface area contributed by atoms with Crippen molar-refractivity contribution in [3.63, 3.8) is 0 Å². The number of fused-ring (bicyclic) bond motifs is 1. The van der Waals surface area contributed by atoms with Gasteiger partial charge in [-0.05, 0) is 30.3 Å². The minimum absolute atomic E-state index is 0.665. The zero-order valence-corrected chi connectivity index (χ0v) is 10.1. The lowest BCUT2D eigenvalue weighted by atomic mass is 10.2. The van der Waals surface area contributed by atoms with Crippen LogP contribution in [-0.4, -0.2) is 15.0 Å². The van der Waals surface area contributed by atoms with E-state index in [1.54, 1.807) is 18.6 Å². The standard InChI is InChI=1S/C13H9ClN4/c14-10-2-3-11-9(7-10)1-4-12(17-11)18-13-8-15-5-6-16-13/h1-8H,(H,16,17,18). The van der Waals surface area contributed by atoms with Crippen molar-refractivity contribution in [3.8, 4) is 0 Å². The molecule has 0 aliphatic rings. The molecule has 0 radical (unpaired) electrons. The normalized spacial score (nSPS) is 10.5. The number of hydrogen-bond acceptors (Lipinski definition) is 4. The van der Waals surface area contributed by atoms with E-state index in [0.29, 0.717) is 10.8 Å². The second kappa shape index (κ2) is 4.58. The van der Waals surface area contributed by atoms with Crippen LogP contribution in [0.1, 0.15) is 0 Å². The maximum absolute atomic E-state index is 5.93. The topological polar surface area (TPSA) is 50.7 Å². The molecule has 18 heavy (non-hydrogen) atoms. The number of pyridine rings is 1. The van der Waals surface area contributed by atoms with E-state index in [2.05, 4.69) is 20.3 Å². The van der Waals surface area contributed by atoms with Crippen molar-refractivity contribution in [3.05, 3.63) is 53.9 Å². The van der Waals surface area contributed by atoms with Crippen molar-refractivity contribution in [1.29, 1.82) is 0 Å². The summed E-state index contributed by atoms with van der Waals surface area (Å²) < 4.78 is 0. The molecule has 1 aromatic carbocycles. The second-order valence-electron chi connectivity index (χ2n) is 3.75. The third-order valence-electron chi connectivity index (χ3n) is 2.47. The average molecular weight is 257 g/mol. The Morgan fingerprint density at radius 3 is 2.78 bits per heavy atom. The van der Waals surface area contributed by atoms with Crippen molar-refractivity contribution in [1.82, 2.24) is 15.0 Å². The van der Waals surface area contributed by atoms with E-state index < -0.39 is 0 Å². The maximum Gasteiger partial charge on any atom is 0.150 e. The molecule has 0 saturated carbocycles. The Morgan fingerprint density at radius 2 is 1.94 bits per heavy atom. The Bertz CT molecular complexity index is 685. The van der Waals surface area contributed by atoms with Crippen molar-refractivity contribution < 1.29 is 0 Å². The number of anilines is 2. The summed E-state index contributed by atoms with van der Waals surface area (Å²) in [7, 11) is 0. The summed E-state index contributed by atoms with van der Waals surface area (Å²) in [6, 6.07) is 9.44. The van der Waals surface area contributed by atoms with Crippen LogP contribution in [0.5, 0.6) is 0 Å². The van der Waals surface area contributed by atoms with E-state index in [1.807, 2.05) is 30.3 Å². The first-order chi connectivity index (χ1) is 8.81. The molecule has 0 saturated heterocycles. The average Bonchev–Trinajstić information content (AvgIpc) is 2.40. The number of aromatic nitrogens is 3. The van der Waals surface area contributed by atoms with Crippen molar-refractivity contribution >= 4 is 34.1 Å². The van der Waals surface area contributed by atoms with E-state index in [-0.39, 0.29) is 0 Å². The molecule has 0 atom stereocenters. The molecule has 2 aromatic heterocycles. The van der Waals surface area contributed by atoms with Crippen molar-refractivity contribution in [2.75, 3.05) is 5.32 Å². The van der Waals surface area contributed by atoms with Crippen LogP contribution in [-0.2, 0) is 0 Å². The van der Waals surface area contributed by atoms with Gasteiger partial charge in [-0.3, -0.25) is 4.98 Å². The van der Waals surface area contributed by atoms with Gasteiger partial charge >= 0.3 is 0 Å². The molecule has 3 rings (SSSR count). The van der Waals surface area contributed by atoms with Crippen molar-refractivity contribution in [2.45, 2.75) is 0 Å². The third-order valence-corrected chi connectivity index (χ3v) is 2.71. The minimum Gasteiger partial charge on any atom is -0.324 e. The predicted molar refractivity (Wildman–Crippen MR) is 72.1 cm³/mol. The molecule has 0 fully saturated rings. The highest BCUT2D eigenvalue weighted by Crippen LogP contribution is 2.20. The van der Waals surface area contributed by atoms with Crippen LogP contribution in [0.15, 0.2) is 48.9 Å². The summed E-state index contributed by atoms with van der Waals surface area (Å²) in [6.07, 6.45) is 4.90. The molecule has 1 N–H and O–H groups in total. The van der Waals surface area contributed by atoms with Gasteiger partial charge in [-0.1, -0.05) is 11.6 Å². The fourth-order valence-electron chi connectivity index (χ4n) is 1.66. The Balaban J connectivity index is 1.96. The number of nitrogens with zero attached hydrogens (tertiary/aromatic N) is 3. The first-order valence-corrected chi connectivity index (χ1v) is 5.78. The summed E-state index contributed by atoms with van der Waals surface area (Å²) >= 11 is 5.93. The molecular formula is C13H9ClN4. The molecule has 0 amide bonds. The third kappa shape index (κ3) is 2.24. The smallest absolute Gasteiger partial charge is 0.150 e. The van der Waals surface area contributed by atoms with Crippen LogP contribution in [0.4, 0.5) is 11.6 Å². The van der Waals surface area contributed by atoms with Gasteiger partial charge in [0.15, 0.2) is 0 Å². The van der Waals surface area contributed by atoms with Gasteiger partial charge in [0.1, 0.15) is 11.6 Å². The van der Waals surface area contributed by atoms with Crippen LogP contribution in [0, 0.1) is 0 Å². The van der Waals surface area contributed by atoms with Crippen LogP contribution in [0.3, 0.4) is 0 Å². The second-order valence-corrected chi connectivity index (χ2v) is 4.19. The highest BCUT2D eigenvalue weighted by atomic mass is 35.5. The summed E-state index contributed by atoms with van der Waals surface area (Å²) in [5, 5.41) is 4.81. The molecule has 0 bridgehead atoms. The van der Waals surface area contributed by atoms with Crippen LogP contribution in [0.2, 0.25) is 5.02 Å². The molecule has 88 valence electrons. The molecule has 0 aliphatic heterocycles. The number of rotatable bonds is 2. The Labute approximate surface area is 109 Å². The lowest BCUT2D eigenvalue weighted by Gasteiger charge is -2.05. The first-order valence-electron chi connectivity index (χ1n) is 5.41. The Kier molecular flexibility index (Phi) is 2.78. The fraction of sp³-hybridized carbons (Fsp3) is 0. The van der Waals surface area contributed by atoms with E-state index >= 15 is 0 Å². The van der Waals surface area contributed by atoms with Gasteiger partial charge in [-0.25, -0.2) is 9.97 Å². The van der Waals surface area contributed by atoms with E-state index in [4.69, 9.17) is 11.6 Å². The zero-order valence-electron chi connectivity index (χ0n) is 9.34. The zero-order chi connectivity index (χ0) is 12.4. The predicted octanol–water partition coefficient (Wildman–Crippen LogP) is 3.42. The SMILES string of the molecule is Clc1ccc2nc(Nc3cnccn3)ccc2c1. The fourth-order valence-corrected chi connectivity index (χ4v) is 1.84. The monoisotopic (exact) mass is 256 g/mol. The molecule has 3 aromatic rings. The van der Waals surface area contributed by atoms with Gasteiger partial charge in [0.05, 0.1) is 11.7 Å². The maximum atomic E-state index is 5.93. The Morgan fingerprint density at radius 1 is 1.00 bits per heavy atom. The van der Waals surface area contributed by atoms with Crippen LogP contribution < -0.4 is 5.32 Å². The molecule has 0 aliphatic carbocycles. The van der Waals surface area contributed by atoms with E-state index in [1.165, 1.54) is 0 Å². The number of benzene rings is 1. The van der Waals surface area contributed by atoms with Gasteiger partial charge in [0, 0.05) is 22.8 Å². The Hall–Kier alpha value is -2.20. The summed E-state index contributed by atoms with van der Waals surface area (Å²) in [5.74, 6) is 1.39. The molecule has 4 nitrogen and oxygen atoms in total.